The fourth-order valence-electron chi connectivity index (χ4n) is 0.862. The minimum Gasteiger partial charge on any atom is -0.324 e. The Morgan fingerprint density at radius 2 is 2.22 bits per heavy atom. The van der Waals surface area contributed by atoms with E-state index in [9.17, 15) is 0 Å². The van der Waals surface area contributed by atoms with Gasteiger partial charge < -0.3 is 5.73 Å². The van der Waals surface area contributed by atoms with Crippen molar-refractivity contribution in [2.24, 2.45) is 5.73 Å². The highest BCUT2D eigenvalue weighted by Gasteiger charge is 2.06. The standard InChI is InChI=1S/C7H17NP/c1-4-5-7(8)6-9(2)3/h7H,2,4-6,8H2,1,3H3/q+1. The zero-order chi connectivity index (χ0) is 7.28. The van der Waals surface area contributed by atoms with Gasteiger partial charge in [-0.3, -0.25) is 0 Å². The molecule has 9 heavy (non-hydrogen) atoms. The predicted octanol–water partition coefficient (Wildman–Crippen LogP) is 1.66. The van der Waals surface area contributed by atoms with E-state index in [0.29, 0.717) is 6.04 Å². The van der Waals surface area contributed by atoms with Crippen LogP contribution in [0.25, 0.3) is 0 Å². The maximum absolute atomic E-state index is 5.76. The molecule has 0 heterocycles. The maximum Gasteiger partial charge on any atom is 0.120 e. The molecule has 0 saturated heterocycles. The van der Waals surface area contributed by atoms with Crippen molar-refractivity contribution >= 4 is 13.8 Å². The molecule has 0 bridgehead atoms. The summed E-state index contributed by atoms with van der Waals surface area (Å²) < 4.78 is 0. The largest absolute Gasteiger partial charge is 0.324 e. The molecule has 0 aliphatic rings. The quantitative estimate of drug-likeness (QED) is 0.600. The summed E-state index contributed by atoms with van der Waals surface area (Å²) in [6.07, 6.45) is 7.43. The topological polar surface area (TPSA) is 26.0 Å². The molecular weight excluding hydrogens is 129 g/mol. The van der Waals surface area contributed by atoms with Crippen LogP contribution >= 0.6 is 7.55 Å². The number of hydrogen-bond acceptors (Lipinski definition) is 1. The van der Waals surface area contributed by atoms with Crippen LogP contribution in [-0.2, 0) is 0 Å². The molecule has 0 spiro atoms. The minimum absolute atomic E-state index is 0.0264. The maximum atomic E-state index is 5.76. The van der Waals surface area contributed by atoms with E-state index in [0.717, 1.165) is 12.6 Å². The highest BCUT2D eigenvalue weighted by molar-refractivity contribution is 7.55. The Morgan fingerprint density at radius 3 is 2.56 bits per heavy atom. The van der Waals surface area contributed by atoms with Crippen LogP contribution < -0.4 is 5.73 Å². The van der Waals surface area contributed by atoms with Crippen molar-refractivity contribution in [3.8, 4) is 0 Å². The molecule has 0 aliphatic heterocycles. The molecule has 0 saturated carbocycles. The molecule has 2 unspecified atom stereocenters. The molecule has 0 aromatic carbocycles. The van der Waals surface area contributed by atoms with Gasteiger partial charge in [-0.1, -0.05) is 13.3 Å². The van der Waals surface area contributed by atoms with E-state index >= 15 is 0 Å². The molecule has 54 valence electrons. The number of hydrogen-bond donors (Lipinski definition) is 1. The molecule has 0 rings (SSSR count). The summed E-state index contributed by atoms with van der Waals surface area (Å²) >= 11 is 0. The second-order valence-electron chi connectivity index (χ2n) is 2.59. The summed E-state index contributed by atoms with van der Waals surface area (Å²) in [6, 6.07) is 0.406. The second kappa shape index (κ2) is 4.96. The Morgan fingerprint density at radius 1 is 1.67 bits per heavy atom. The van der Waals surface area contributed by atoms with E-state index in [1.54, 1.807) is 0 Å². The van der Waals surface area contributed by atoms with Gasteiger partial charge in [-0.2, -0.15) is 0 Å². The van der Waals surface area contributed by atoms with Crippen molar-refractivity contribution in [2.75, 3.05) is 12.8 Å². The summed E-state index contributed by atoms with van der Waals surface area (Å²) in [5, 5.41) is 0. The van der Waals surface area contributed by atoms with Crippen molar-refractivity contribution in [1.82, 2.24) is 0 Å². The molecule has 0 radical (unpaired) electrons. The van der Waals surface area contributed by atoms with Crippen LogP contribution in [0.15, 0.2) is 0 Å². The molecule has 0 aromatic rings. The van der Waals surface area contributed by atoms with E-state index < -0.39 is 0 Å². The van der Waals surface area contributed by atoms with Gasteiger partial charge in [-0.15, -0.1) is 0 Å². The third kappa shape index (κ3) is 6.01. The average molecular weight is 146 g/mol. The Bertz CT molecular complexity index is 90.9. The van der Waals surface area contributed by atoms with E-state index in [2.05, 4.69) is 19.9 Å². The van der Waals surface area contributed by atoms with Crippen LogP contribution in [0.3, 0.4) is 0 Å². The summed E-state index contributed by atoms with van der Waals surface area (Å²) in [6.45, 7) is 4.34. The monoisotopic (exact) mass is 146 g/mol. The predicted molar refractivity (Wildman–Crippen MR) is 47.7 cm³/mol. The van der Waals surface area contributed by atoms with E-state index in [1.807, 2.05) is 0 Å². The minimum atomic E-state index is -0.0264. The summed E-state index contributed by atoms with van der Waals surface area (Å²) in [5.41, 5.74) is 5.76. The molecule has 2 N–H and O–H groups in total. The number of rotatable bonds is 4. The summed E-state index contributed by atoms with van der Waals surface area (Å²) in [4.78, 5) is 0. The molecule has 2 atom stereocenters. The molecular formula is C7H17NP+. The third-order valence-corrected chi connectivity index (χ3v) is 2.30. The molecule has 2 heteroatoms. The van der Waals surface area contributed by atoms with Crippen LogP contribution in [0, 0.1) is 0 Å². The Kier molecular flexibility index (Phi) is 5.03. The van der Waals surface area contributed by atoms with Crippen molar-refractivity contribution in [3.05, 3.63) is 0 Å². The van der Waals surface area contributed by atoms with E-state index in [1.165, 1.54) is 6.42 Å². The smallest absolute Gasteiger partial charge is 0.120 e. The lowest BCUT2D eigenvalue weighted by molar-refractivity contribution is 0.659. The Hall–Kier alpha value is 0.130. The lowest BCUT2D eigenvalue weighted by Gasteiger charge is -2.02. The fourth-order valence-corrected chi connectivity index (χ4v) is 1.85. The van der Waals surface area contributed by atoms with Crippen LogP contribution in [0.1, 0.15) is 19.8 Å². The van der Waals surface area contributed by atoms with E-state index in [-0.39, 0.29) is 7.55 Å². The lowest BCUT2D eigenvalue weighted by atomic mass is 10.2. The van der Waals surface area contributed by atoms with Crippen molar-refractivity contribution in [3.63, 3.8) is 0 Å². The Balaban J connectivity index is 3.26. The third-order valence-electron chi connectivity index (χ3n) is 1.21. The van der Waals surface area contributed by atoms with Crippen LogP contribution in [0.2, 0.25) is 0 Å². The molecule has 0 aromatic heterocycles. The molecule has 0 aliphatic carbocycles. The van der Waals surface area contributed by atoms with Gasteiger partial charge in [0.25, 0.3) is 0 Å². The zero-order valence-corrected chi connectivity index (χ0v) is 7.32. The highest BCUT2D eigenvalue weighted by Crippen LogP contribution is 2.14. The van der Waals surface area contributed by atoms with Gasteiger partial charge in [0.2, 0.25) is 0 Å². The number of nitrogens with two attached hydrogens (primary N) is 1. The summed E-state index contributed by atoms with van der Waals surface area (Å²) in [5.74, 6) is 0. The fraction of sp³-hybridized carbons (Fsp3) is 0.857. The van der Waals surface area contributed by atoms with Gasteiger partial charge in [-0.25, -0.2) is 0 Å². The van der Waals surface area contributed by atoms with Crippen LogP contribution in [0.5, 0.6) is 0 Å². The zero-order valence-electron chi connectivity index (χ0n) is 6.43. The molecule has 0 amide bonds. The average Bonchev–Trinajstić information content (AvgIpc) is 1.63. The molecule has 1 nitrogen and oxygen atoms in total. The van der Waals surface area contributed by atoms with Gasteiger partial charge in [0, 0.05) is 6.04 Å². The van der Waals surface area contributed by atoms with Crippen molar-refractivity contribution in [1.29, 1.82) is 0 Å². The van der Waals surface area contributed by atoms with Crippen molar-refractivity contribution in [2.45, 2.75) is 25.8 Å². The van der Waals surface area contributed by atoms with E-state index in [4.69, 9.17) is 5.73 Å². The first kappa shape index (κ1) is 9.13. The van der Waals surface area contributed by atoms with Gasteiger partial charge in [-0.05, 0) is 6.42 Å². The first-order valence-electron chi connectivity index (χ1n) is 3.44. The van der Waals surface area contributed by atoms with Gasteiger partial charge in [0.1, 0.15) is 6.16 Å². The first-order valence-corrected chi connectivity index (χ1v) is 5.60. The van der Waals surface area contributed by atoms with Crippen LogP contribution in [0.4, 0.5) is 0 Å². The van der Waals surface area contributed by atoms with Gasteiger partial charge in [0.15, 0.2) is 0 Å². The first-order chi connectivity index (χ1) is 4.16. The highest BCUT2D eigenvalue weighted by atomic mass is 31.1. The van der Waals surface area contributed by atoms with Crippen LogP contribution in [-0.4, -0.2) is 25.2 Å². The Labute approximate surface area is 59.0 Å². The van der Waals surface area contributed by atoms with Gasteiger partial charge >= 0.3 is 0 Å². The second-order valence-corrected chi connectivity index (χ2v) is 4.66. The lowest BCUT2D eigenvalue weighted by Crippen LogP contribution is -2.21. The molecule has 0 fully saturated rings. The van der Waals surface area contributed by atoms with Gasteiger partial charge in [0.05, 0.1) is 20.5 Å². The van der Waals surface area contributed by atoms with Crippen molar-refractivity contribution < 1.29 is 0 Å². The SMILES string of the molecule is C=[P+](C)CC(N)CCC. The summed E-state index contributed by atoms with van der Waals surface area (Å²) in [7, 11) is -0.0264. The normalized spacial score (nSPS) is 15.2.